The van der Waals surface area contributed by atoms with Gasteiger partial charge in [0.15, 0.2) is 5.69 Å². The third-order valence-corrected chi connectivity index (χ3v) is 7.79. The number of carbonyl (C=O) groups excluding carboxylic acids is 1. The molecule has 4 bridgehead atoms. The molecule has 1 amide bonds. The molecule has 0 unspecified atom stereocenters. The summed E-state index contributed by atoms with van der Waals surface area (Å²) in [7, 11) is 0. The Bertz CT molecular complexity index is 887. The van der Waals surface area contributed by atoms with Crippen molar-refractivity contribution in [3.8, 4) is 0 Å². The molecule has 27 heavy (non-hydrogen) atoms. The first kappa shape index (κ1) is 17.7. The zero-order chi connectivity index (χ0) is 18.8. The molecule has 4 aliphatic carbocycles. The van der Waals surface area contributed by atoms with E-state index in [0.717, 1.165) is 27.8 Å². The van der Waals surface area contributed by atoms with Crippen LogP contribution in [-0.4, -0.2) is 15.7 Å². The van der Waals surface area contributed by atoms with Crippen LogP contribution in [-0.2, 0) is 5.54 Å². The number of hydrogen-bond donors (Lipinski definition) is 1. The molecule has 142 valence electrons. The number of benzene rings is 1. The minimum absolute atomic E-state index is 0.114. The Hall–Kier alpha value is -1.33. The maximum Gasteiger partial charge on any atom is 0.277 e. The van der Waals surface area contributed by atoms with Gasteiger partial charge in [0, 0.05) is 16.9 Å². The van der Waals surface area contributed by atoms with Crippen LogP contribution in [0, 0.1) is 24.7 Å². The van der Waals surface area contributed by atoms with Crippen LogP contribution in [0.15, 0.2) is 28.9 Å². The monoisotopic (exact) mass is 447 g/mol. The minimum Gasteiger partial charge on any atom is -0.321 e. The van der Waals surface area contributed by atoms with Gasteiger partial charge in [0.2, 0.25) is 0 Å². The molecular formula is C21H23BrClN3O. The van der Waals surface area contributed by atoms with Gasteiger partial charge >= 0.3 is 0 Å². The van der Waals surface area contributed by atoms with E-state index in [-0.39, 0.29) is 11.4 Å². The van der Waals surface area contributed by atoms with E-state index >= 15 is 0 Å². The Balaban J connectivity index is 1.41. The summed E-state index contributed by atoms with van der Waals surface area (Å²) < 4.78 is 2.87. The van der Waals surface area contributed by atoms with Gasteiger partial charge in [-0.3, -0.25) is 9.48 Å². The smallest absolute Gasteiger partial charge is 0.277 e. The Morgan fingerprint density at radius 2 is 1.85 bits per heavy atom. The van der Waals surface area contributed by atoms with Crippen LogP contribution < -0.4 is 5.32 Å². The quantitative estimate of drug-likeness (QED) is 0.646. The zero-order valence-corrected chi connectivity index (χ0v) is 17.7. The predicted molar refractivity (Wildman–Crippen MR) is 110 cm³/mol. The molecule has 4 saturated carbocycles. The number of nitrogens with one attached hydrogen (secondary N) is 1. The third kappa shape index (κ3) is 3.03. The highest BCUT2D eigenvalue weighted by Gasteiger charge is 2.52. The molecule has 6 heteroatoms. The molecule has 1 aromatic heterocycles. The van der Waals surface area contributed by atoms with Crippen molar-refractivity contribution in [3.63, 3.8) is 0 Å². The third-order valence-electron chi connectivity index (χ3n) is 6.81. The molecule has 6 rings (SSSR count). The van der Waals surface area contributed by atoms with Crippen molar-refractivity contribution < 1.29 is 4.79 Å². The summed E-state index contributed by atoms with van der Waals surface area (Å²) in [5, 5.41) is 8.33. The fourth-order valence-corrected chi connectivity index (χ4v) is 6.59. The van der Waals surface area contributed by atoms with E-state index in [9.17, 15) is 4.79 Å². The van der Waals surface area contributed by atoms with Gasteiger partial charge in [-0.2, -0.15) is 5.10 Å². The molecule has 0 atom stereocenters. The van der Waals surface area contributed by atoms with Gasteiger partial charge in [-0.15, -0.1) is 0 Å². The molecule has 0 spiro atoms. The molecule has 4 aliphatic rings. The number of halogens is 2. The molecular weight excluding hydrogens is 426 g/mol. The molecule has 0 radical (unpaired) electrons. The number of aromatic nitrogens is 2. The van der Waals surface area contributed by atoms with Gasteiger partial charge in [0.05, 0.1) is 10.0 Å². The van der Waals surface area contributed by atoms with Gasteiger partial charge in [0.1, 0.15) is 0 Å². The Kier molecular flexibility index (Phi) is 4.17. The second kappa shape index (κ2) is 6.35. The molecule has 1 heterocycles. The number of carbonyl (C=O) groups is 1. The van der Waals surface area contributed by atoms with Crippen LogP contribution in [0.25, 0.3) is 0 Å². The van der Waals surface area contributed by atoms with Gasteiger partial charge in [-0.25, -0.2) is 0 Å². The van der Waals surface area contributed by atoms with Crippen LogP contribution in [0.2, 0.25) is 5.02 Å². The number of rotatable bonds is 3. The maximum atomic E-state index is 12.8. The molecule has 4 fully saturated rings. The second-order valence-electron chi connectivity index (χ2n) is 8.83. The normalized spacial score (nSPS) is 31.3. The number of amides is 1. The van der Waals surface area contributed by atoms with Crippen LogP contribution in [0.5, 0.6) is 0 Å². The van der Waals surface area contributed by atoms with Crippen molar-refractivity contribution in [1.29, 1.82) is 0 Å². The lowest BCUT2D eigenvalue weighted by Crippen LogP contribution is -2.52. The van der Waals surface area contributed by atoms with E-state index in [1.165, 1.54) is 38.5 Å². The predicted octanol–water partition coefficient (Wildman–Crippen LogP) is 5.79. The van der Waals surface area contributed by atoms with Crippen molar-refractivity contribution >= 4 is 39.1 Å². The molecule has 4 nitrogen and oxygen atoms in total. The van der Waals surface area contributed by atoms with Crippen molar-refractivity contribution in [2.75, 3.05) is 5.32 Å². The summed E-state index contributed by atoms with van der Waals surface area (Å²) in [6.07, 6.45) is 9.82. The fourth-order valence-electron chi connectivity index (χ4n) is 5.96. The highest BCUT2D eigenvalue weighted by atomic mass is 79.9. The van der Waals surface area contributed by atoms with Gasteiger partial charge in [-0.1, -0.05) is 17.7 Å². The lowest BCUT2D eigenvalue weighted by atomic mass is 9.53. The molecule has 0 aliphatic heterocycles. The zero-order valence-electron chi connectivity index (χ0n) is 15.3. The van der Waals surface area contributed by atoms with Crippen LogP contribution >= 0.6 is 27.5 Å². The lowest BCUT2D eigenvalue weighted by Gasteiger charge is -2.56. The first-order valence-electron chi connectivity index (χ1n) is 9.75. The SMILES string of the molecule is Cc1ccc(NC(=O)c2nn(C34CC5CC(CC(C5)C3)C4)cc2Br)cc1Cl. The summed E-state index contributed by atoms with van der Waals surface area (Å²) in [5.74, 6) is 2.31. The summed E-state index contributed by atoms with van der Waals surface area (Å²) in [6.45, 7) is 1.94. The van der Waals surface area contributed by atoms with E-state index in [4.69, 9.17) is 16.7 Å². The lowest BCUT2D eigenvalue weighted by molar-refractivity contribution is -0.0495. The minimum atomic E-state index is -0.203. The van der Waals surface area contributed by atoms with Crippen LogP contribution in [0.1, 0.15) is 54.6 Å². The molecule has 1 aromatic carbocycles. The van der Waals surface area contributed by atoms with Crippen LogP contribution in [0.3, 0.4) is 0 Å². The van der Waals surface area contributed by atoms with E-state index in [1.54, 1.807) is 6.07 Å². The van der Waals surface area contributed by atoms with E-state index in [0.29, 0.717) is 16.4 Å². The highest BCUT2D eigenvalue weighted by Crippen LogP contribution is 2.58. The molecule has 1 N–H and O–H groups in total. The molecule has 2 aromatic rings. The summed E-state index contributed by atoms with van der Waals surface area (Å²) in [4.78, 5) is 12.8. The van der Waals surface area contributed by atoms with Crippen molar-refractivity contribution in [2.45, 2.75) is 51.0 Å². The van der Waals surface area contributed by atoms with Crippen molar-refractivity contribution in [2.24, 2.45) is 17.8 Å². The highest BCUT2D eigenvalue weighted by molar-refractivity contribution is 9.10. The van der Waals surface area contributed by atoms with E-state index < -0.39 is 0 Å². The Morgan fingerprint density at radius 3 is 2.44 bits per heavy atom. The Morgan fingerprint density at radius 1 is 1.22 bits per heavy atom. The summed E-state index contributed by atoms with van der Waals surface area (Å²) >= 11 is 9.74. The van der Waals surface area contributed by atoms with Crippen molar-refractivity contribution in [3.05, 3.63) is 45.1 Å². The number of nitrogens with zero attached hydrogens (tertiary/aromatic N) is 2. The first-order valence-corrected chi connectivity index (χ1v) is 10.9. The van der Waals surface area contributed by atoms with Gasteiger partial charge in [0.25, 0.3) is 5.91 Å². The molecule has 0 saturated heterocycles. The van der Waals surface area contributed by atoms with Crippen molar-refractivity contribution in [1.82, 2.24) is 9.78 Å². The van der Waals surface area contributed by atoms with Crippen LogP contribution in [0.4, 0.5) is 5.69 Å². The second-order valence-corrected chi connectivity index (χ2v) is 10.1. The van der Waals surface area contributed by atoms with Gasteiger partial charge in [-0.05, 0) is 96.8 Å². The number of aryl methyl sites for hydroxylation is 1. The first-order chi connectivity index (χ1) is 12.9. The standard InChI is InChI=1S/C21H23BrClN3O/c1-12-2-3-16(7-18(12)23)24-20(27)19-17(22)11-26(25-19)21-8-13-4-14(9-21)6-15(5-13)10-21/h2-3,7,11,13-15H,4-6,8-10H2,1H3,(H,24,27). The maximum absolute atomic E-state index is 12.8. The largest absolute Gasteiger partial charge is 0.321 e. The number of hydrogen-bond acceptors (Lipinski definition) is 2. The topological polar surface area (TPSA) is 46.9 Å². The number of anilines is 1. The van der Waals surface area contributed by atoms with E-state index in [2.05, 4.69) is 25.9 Å². The van der Waals surface area contributed by atoms with E-state index in [1.807, 2.05) is 25.3 Å². The summed E-state index contributed by atoms with van der Waals surface area (Å²) in [6, 6.07) is 5.54. The average Bonchev–Trinajstić information content (AvgIpc) is 3.00. The van der Waals surface area contributed by atoms with Gasteiger partial charge < -0.3 is 5.32 Å². The fraction of sp³-hybridized carbons (Fsp3) is 0.524. The summed E-state index contributed by atoms with van der Waals surface area (Å²) in [5.41, 5.74) is 2.24. The Labute approximate surface area is 172 Å². The average molecular weight is 449 g/mol.